The molecule has 1 amide bonds. The third-order valence-electron chi connectivity index (χ3n) is 5.97. The number of carbonyl (C=O) groups is 1. The molecule has 1 aliphatic heterocycles. The van der Waals surface area contributed by atoms with E-state index in [0.717, 1.165) is 35.9 Å². The van der Waals surface area contributed by atoms with Gasteiger partial charge in [-0.2, -0.15) is 18.3 Å². The Kier molecular flexibility index (Phi) is 5.30. The number of carbonyl (C=O) groups excluding carboxylic acids is 1. The van der Waals surface area contributed by atoms with Gasteiger partial charge in [0.25, 0.3) is 5.91 Å². The molecule has 5 heterocycles. The summed E-state index contributed by atoms with van der Waals surface area (Å²) >= 11 is 0. The molecular weight excluding hydrogens is 433 g/mol. The number of pyridine rings is 2. The number of halogens is 3. The summed E-state index contributed by atoms with van der Waals surface area (Å²) in [7, 11) is 0. The maximum Gasteiger partial charge on any atom is 0.408 e. The van der Waals surface area contributed by atoms with Crippen molar-refractivity contribution in [2.75, 3.05) is 13.1 Å². The largest absolute Gasteiger partial charge is 0.408 e. The molecule has 1 fully saturated rings. The second-order valence-electron chi connectivity index (χ2n) is 8.49. The molecular formula is C23H23F3N6O. The molecule has 0 aromatic carbocycles. The van der Waals surface area contributed by atoms with E-state index in [1.54, 1.807) is 15.5 Å². The van der Waals surface area contributed by atoms with Crippen molar-refractivity contribution < 1.29 is 18.0 Å². The molecule has 7 nitrogen and oxygen atoms in total. The number of imidazole rings is 1. The van der Waals surface area contributed by atoms with E-state index in [0.29, 0.717) is 35.5 Å². The van der Waals surface area contributed by atoms with Crippen LogP contribution in [0.4, 0.5) is 13.2 Å². The van der Waals surface area contributed by atoms with Gasteiger partial charge in [-0.3, -0.25) is 18.9 Å². The SMILES string of the molecule is Cc1ccc2ncc(-c3nn(CC(F)(F)F)c4cc(C(=O)N5CCCCCC5)ncc34)n2c1. The highest BCUT2D eigenvalue weighted by molar-refractivity contribution is 5.99. The predicted octanol–water partition coefficient (Wildman–Crippen LogP) is 4.63. The molecule has 10 heteroatoms. The quantitative estimate of drug-likeness (QED) is 0.451. The van der Waals surface area contributed by atoms with E-state index < -0.39 is 12.7 Å². The summed E-state index contributed by atoms with van der Waals surface area (Å²) < 4.78 is 42.8. The van der Waals surface area contributed by atoms with Crippen molar-refractivity contribution in [2.24, 2.45) is 0 Å². The highest BCUT2D eigenvalue weighted by atomic mass is 19.4. The van der Waals surface area contributed by atoms with Gasteiger partial charge in [0, 0.05) is 30.9 Å². The summed E-state index contributed by atoms with van der Waals surface area (Å²) in [5.74, 6) is -0.259. The first-order valence-corrected chi connectivity index (χ1v) is 11.0. The van der Waals surface area contributed by atoms with E-state index in [1.807, 2.05) is 25.3 Å². The lowest BCUT2D eigenvalue weighted by atomic mass is 10.2. The van der Waals surface area contributed by atoms with Crippen LogP contribution in [0.3, 0.4) is 0 Å². The lowest BCUT2D eigenvalue weighted by molar-refractivity contribution is -0.141. The Bertz CT molecular complexity index is 1330. The minimum Gasteiger partial charge on any atom is -0.337 e. The van der Waals surface area contributed by atoms with Crippen LogP contribution in [-0.4, -0.2) is 54.2 Å². The number of rotatable bonds is 3. The van der Waals surface area contributed by atoms with Crippen molar-refractivity contribution in [1.82, 2.24) is 29.0 Å². The fourth-order valence-electron chi connectivity index (χ4n) is 4.36. The van der Waals surface area contributed by atoms with Gasteiger partial charge in [0.2, 0.25) is 0 Å². The second-order valence-corrected chi connectivity index (χ2v) is 8.49. The molecule has 0 aliphatic carbocycles. The highest BCUT2D eigenvalue weighted by Gasteiger charge is 2.31. The van der Waals surface area contributed by atoms with E-state index in [2.05, 4.69) is 15.1 Å². The zero-order chi connectivity index (χ0) is 23.2. The predicted molar refractivity (Wildman–Crippen MR) is 117 cm³/mol. The molecule has 1 aliphatic rings. The Morgan fingerprint density at radius 3 is 2.55 bits per heavy atom. The lowest BCUT2D eigenvalue weighted by Crippen LogP contribution is -2.32. The van der Waals surface area contributed by atoms with Crippen molar-refractivity contribution in [3.8, 4) is 11.4 Å². The van der Waals surface area contributed by atoms with Gasteiger partial charge in [-0.15, -0.1) is 0 Å². The molecule has 0 N–H and O–H groups in total. The number of alkyl halides is 3. The summed E-state index contributed by atoms with van der Waals surface area (Å²) in [4.78, 5) is 23.5. The van der Waals surface area contributed by atoms with Gasteiger partial charge >= 0.3 is 6.18 Å². The Morgan fingerprint density at radius 2 is 1.82 bits per heavy atom. The number of likely N-dealkylation sites (tertiary alicyclic amines) is 1. The minimum atomic E-state index is -4.47. The van der Waals surface area contributed by atoms with Gasteiger partial charge < -0.3 is 4.90 Å². The molecule has 0 bridgehead atoms. The van der Waals surface area contributed by atoms with Crippen LogP contribution in [0.1, 0.15) is 41.7 Å². The van der Waals surface area contributed by atoms with Crippen LogP contribution in [0.5, 0.6) is 0 Å². The van der Waals surface area contributed by atoms with Gasteiger partial charge in [-0.25, -0.2) is 4.98 Å². The van der Waals surface area contributed by atoms with Crippen LogP contribution in [0.25, 0.3) is 27.9 Å². The molecule has 0 spiro atoms. The molecule has 0 unspecified atom stereocenters. The lowest BCUT2D eigenvalue weighted by Gasteiger charge is -2.19. The Labute approximate surface area is 187 Å². The Morgan fingerprint density at radius 1 is 1.06 bits per heavy atom. The number of hydrogen-bond donors (Lipinski definition) is 0. The normalized spacial score (nSPS) is 15.3. The molecule has 1 saturated heterocycles. The highest BCUT2D eigenvalue weighted by Crippen LogP contribution is 2.31. The number of hydrogen-bond acceptors (Lipinski definition) is 4. The van der Waals surface area contributed by atoms with Gasteiger partial charge in [0.1, 0.15) is 23.6 Å². The monoisotopic (exact) mass is 456 g/mol. The van der Waals surface area contributed by atoms with Gasteiger partial charge in [-0.05, 0) is 37.5 Å². The standard InChI is InChI=1S/C23H23F3N6O/c1-15-6-7-20-28-12-19(31(20)13-15)21-16-11-27-17(22(33)30-8-4-2-3-5-9-30)10-18(16)32(29-21)14-23(24,25)26/h6-7,10-13H,2-5,8-9,14H2,1H3. The third kappa shape index (κ3) is 4.17. The molecule has 0 radical (unpaired) electrons. The van der Waals surface area contributed by atoms with Crippen LogP contribution in [0, 0.1) is 6.92 Å². The topological polar surface area (TPSA) is 68.3 Å². The van der Waals surface area contributed by atoms with Crippen molar-refractivity contribution >= 4 is 22.5 Å². The molecule has 0 atom stereocenters. The zero-order valence-corrected chi connectivity index (χ0v) is 18.1. The molecule has 0 saturated carbocycles. The number of aromatic nitrogens is 5. The first-order valence-electron chi connectivity index (χ1n) is 11.0. The van der Waals surface area contributed by atoms with E-state index in [-0.39, 0.29) is 17.1 Å². The van der Waals surface area contributed by atoms with Crippen LogP contribution in [0.15, 0.2) is 36.8 Å². The second kappa shape index (κ2) is 8.17. The average molecular weight is 456 g/mol. The fourth-order valence-corrected chi connectivity index (χ4v) is 4.36. The van der Waals surface area contributed by atoms with Crippen LogP contribution in [-0.2, 0) is 6.54 Å². The van der Waals surface area contributed by atoms with Gasteiger partial charge in [-0.1, -0.05) is 18.9 Å². The van der Waals surface area contributed by atoms with Crippen molar-refractivity contribution in [1.29, 1.82) is 0 Å². The van der Waals surface area contributed by atoms with E-state index in [9.17, 15) is 18.0 Å². The molecule has 172 valence electrons. The van der Waals surface area contributed by atoms with Gasteiger partial charge in [0.15, 0.2) is 0 Å². The summed E-state index contributed by atoms with van der Waals surface area (Å²) in [6, 6.07) is 5.18. The van der Waals surface area contributed by atoms with Crippen LogP contribution in [0.2, 0.25) is 0 Å². The first kappa shape index (κ1) is 21.4. The summed E-state index contributed by atoms with van der Waals surface area (Å²) in [5.41, 5.74) is 2.90. The average Bonchev–Trinajstić information content (AvgIpc) is 3.20. The maximum atomic E-state index is 13.4. The maximum absolute atomic E-state index is 13.4. The molecule has 33 heavy (non-hydrogen) atoms. The summed E-state index contributed by atoms with van der Waals surface area (Å²) in [5, 5.41) is 4.74. The molecule has 4 aromatic rings. The minimum absolute atomic E-state index is 0.133. The number of amides is 1. The molecule has 5 rings (SSSR count). The van der Waals surface area contributed by atoms with Crippen molar-refractivity contribution in [3.05, 3.63) is 48.0 Å². The Balaban J connectivity index is 1.63. The zero-order valence-electron chi connectivity index (χ0n) is 18.1. The third-order valence-corrected chi connectivity index (χ3v) is 5.97. The molecule has 4 aromatic heterocycles. The van der Waals surface area contributed by atoms with Crippen LogP contribution < -0.4 is 0 Å². The first-order chi connectivity index (χ1) is 15.8. The van der Waals surface area contributed by atoms with Crippen LogP contribution >= 0.6 is 0 Å². The van der Waals surface area contributed by atoms with E-state index in [1.165, 1.54) is 12.3 Å². The van der Waals surface area contributed by atoms with Crippen molar-refractivity contribution in [2.45, 2.75) is 45.3 Å². The number of aryl methyl sites for hydroxylation is 1. The summed E-state index contributed by atoms with van der Waals surface area (Å²) in [6.45, 7) is 1.92. The summed E-state index contributed by atoms with van der Waals surface area (Å²) in [6.07, 6.45) is 4.39. The van der Waals surface area contributed by atoms with E-state index in [4.69, 9.17) is 0 Å². The van der Waals surface area contributed by atoms with Crippen molar-refractivity contribution in [3.63, 3.8) is 0 Å². The Hall–Kier alpha value is -3.43. The van der Waals surface area contributed by atoms with E-state index >= 15 is 0 Å². The van der Waals surface area contributed by atoms with Gasteiger partial charge in [0.05, 0.1) is 17.4 Å². The fraction of sp³-hybridized carbons (Fsp3) is 0.391. The smallest absolute Gasteiger partial charge is 0.337 e. The number of nitrogens with zero attached hydrogens (tertiary/aromatic N) is 6. The number of fused-ring (bicyclic) bond motifs is 2.